The molecule has 3 aromatic rings. The van der Waals surface area contributed by atoms with E-state index in [9.17, 15) is 14.4 Å². The van der Waals surface area contributed by atoms with Gasteiger partial charge in [0.05, 0.1) is 22.3 Å². The number of aryl methyl sites for hydroxylation is 1. The molecule has 2 heterocycles. The third-order valence-corrected chi connectivity index (χ3v) is 8.33. The molecule has 5 rings (SSSR count). The number of carbonyl (C=O) groups excluding carboxylic acids is 3. The quantitative estimate of drug-likeness (QED) is 0.403. The van der Waals surface area contributed by atoms with Crippen molar-refractivity contribution >= 4 is 45.0 Å². The number of benzene rings is 2. The van der Waals surface area contributed by atoms with Gasteiger partial charge in [0.1, 0.15) is 11.0 Å². The molecule has 1 unspecified atom stereocenters. The second kappa shape index (κ2) is 9.43. The number of anilines is 1. The number of rotatable bonds is 4. The van der Waals surface area contributed by atoms with Gasteiger partial charge in [-0.3, -0.25) is 14.4 Å². The second-order valence-electron chi connectivity index (χ2n) is 11.0. The molecule has 0 N–H and O–H groups in total. The number of hydrogen-bond donors (Lipinski definition) is 0. The fourth-order valence-electron chi connectivity index (χ4n) is 5.50. The minimum Gasteiger partial charge on any atom is -0.325 e. The average molecular weight is 504 g/mol. The highest BCUT2D eigenvalue weighted by atomic mass is 32.1. The minimum atomic E-state index is -0.765. The van der Waals surface area contributed by atoms with Gasteiger partial charge in [-0.25, -0.2) is 9.88 Å². The van der Waals surface area contributed by atoms with Crippen molar-refractivity contribution in [2.24, 2.45) is 5.92 Å². The van der Waals surface area contributed by atoms with Gasteiger partial charge in [-0.05, 0) is 82.5 Å². The van der Waals surface area contributed by atoms with Gasteiger partial charge in [0.2, 0.25) is 11.8 Å². The molecule has 6 nitrogen and oxygen atoms in total. The number of thiazole rings is 1. The van der Waals surface area contributed by atoms with E-state index in [0.29, 0.717) is 5.69 Å². The molecule has 0 spiro atoms. The molecule has 0 bridgehead atoms. The van der Waals surface area contributed by atoms with E-state index in [-0.39, 0.29) is 30.1 Å². The smallest absolute Gasteiger partial charge is 0.257 e. The summed E-state index contributed by atoms with van der Waals surface area (Å²) < 4.78 is 1.13. The summed E-state index contributed by atoms with van der Waals surface area (Å²) in [6.45, 7) is 7.90. The first-order chi connectivity index (χ1) is 17.1. The summed E-state index contributed by atoms with van der Waals surface area (Å²) in [7, 11) is 0. The Hall–Kier alpha value is -3.06. The Morgan fingerprint density at radius 2 is 1.72 bits per heavy atom. The largest absolute Gasteiger partial charge is 0.325 e. The van der Waals surface area contributed by atoms with E-state index in [1.807, 2.05) is 39.0 Å². The van der Waals surface area contributed by atoms with E-state index in [0.717, 1.165) is 52.9 Å². The number of amides is 3. The van der Waals surface area contributed by atoms with E-state index < -0.39 is 11.6 Å². The average Bonchev–Trinajstić information content (AvgIpc) is 3.39. The second-order valence-corrected chi connectivity index (χ2v) is 12.1. The Morgan fingerprint density at radius 3 is 2.39 bits per heavy atom. The van der Waals surface area contributed by atoms with Crippen molar-refractivity contribution in [3.63, 3.8) is 0 Å². The fourth-order valence-corrected chi connectivity index (χ4v) is 6.56. The standard InChI is InChI=1S/C29H33N3O3S/c1-18-10-15-22-24(16-18)36-26(30-22)19-11-13-21(14-12-19)31-25(33)17-23(28(31)35)32(29(2,3)4)27(34)20-8-6-5-7-9-20/h10-16,20,23H,5-9,17H2,1-4H3. The van der Waals surface area contributed by atoms with Crippen LogP contribution in [0.15, 0.2) is 42.5 Å². The number of aromatic nitrogens is 1. The van der Waals surface area contributed by atoms with Crippen molar-refractivity contribution in [3.05, 3.63) is 48.0 Å². The highest BCUT2D eigenvalue weighted by molar-refractivity contribution is 7.21. The van der Waals surface area contributed by atoms with Crippen LogP contribution in [0.1, 0.15) is 64.9 Å². The first-order valence-corrected chi connectivity index (χ1v) is 13.6. The molecule has 1 aliphatic heterocycles. The lowest BCUT2D eigenvalue weighted by atomic mass is 9.86. The van der Waals surface area contributed by atoms with Crippen molar-refractivity contribution in [3.8, 4) is 10.6 Å². The summed E-state index contributed by atoms with van der Waals surface area (Å²) >= 11 is 1.62. The maximum absolute atomic E-state index is 13.6. The lowest BCUT2D eigenvalue weighted by Crippen LogP contribution is -2.56. The molecule has 1 atom stereocenters. The lowest BCUT2D eigenvalue weighted by Gasteiger charge is -2.41. The van der Waals surface area contributed by atoms with Crippen molar-refractivity contribution in [2.45, 2.75) is 77.8 Å². The van der Waals surface area contributed by atoms with E-state index in [1.54, 1.807) is 28.4 Å². The van der Waals surface area contributed by atoms with E-state index in [1.165, 1.54) is 10.5 Å². The van der Waals surface area contributed by atoms with Crippen LogP contribution in [0.4, 0.5) is 5.69 Å². The molecule has 1 aliphatic carbocycles. The van der Waals surface area contributed by atoms with Crippen molar-refractivity contribution in [1.29, 1.82) is 0 Å². The molecular weight excluding hydrogens is 470 g/mol. The summed E-state index contributed by atoms with van der Waals surface area (Å²) in [6, 6.07) is 12.9. The van der Waals surface area contributed by atoms with Gasteiger partial charge in [0.15, 0.2) is 0 Å². The zero-order valence-corrected chi connectivity index (χ0v) is 22.2. The van der Waals surface area contributed by atoms with Crippen molar-refractivity contribution in [2.75, 3.05) is 4.90 Å². The molecule has 7 heteroatoms. The number of nitrogens with zero attached hydrogens (tertiary/aromatic N) is 3. The zero-order chi connectivity index (χ0) is 25.6. The molecule has 2 fully saturated rings. The van der Waals surface area contributed by atoms with Gasteiger partial charge in [-0.1, -0.05) is 25.3 Å². The molecule has 0 radical (unpaired) electrons. The van der Waals surface area contributed by atoms with E-state index in [4.69, 9.17) is 4.98 Å². The third-order valence-electron chi connectivity index (χ3n) is 7.27. The summed E-state index contributed by atoms with van der Waals surface area (Å²) in [5.41, 5.74) is 3.08. The van der Waals surface area contributed by atoms with Crippen LogP contribution in [0, 0.1) is 12.8 Å². The molecule has 3 amide bonds. The van der Waals surface area contributed by atoms with Crippen LogP contribution in [-0.2, 0) is 14.4 Å². The van der Waals surface area contributed by atoms with Gasteiger partial charge in [-0.15, -0.1) is 11.3 Å². The van der Waals surface area contributed by atoms with E-state index in [2.05, 4.69) is 19.1 Å². The molecule has 1 saturated carbocycles. The molecule has 36 heavy (non-hydrogen) atoms. The fraction of sp³-hybridized carbons (Fsp3) is 0.448. The molecule has 188 valence electrons. The molecule has 2 aromatic carbocycles. The lowest BCUT2D eigenvalue weighted by molar-refractivity contribution is -0.148. The highest BCUT2D eigenvalue weighted by Gasteiger charge is 2.48. The predicted octanol–water partition coefficient (Wildman–Crippen LogP) is 6.11. The first kappa shape index (κ1) is 24.6. The van der Waals surface area contributed by atoms with Crippen molar-refractivity contribution < 1.29 is 14.4 Å². The van der Waals surface area contributed by atoms with Crippen LogP contribution in [0.3, 0.4) is 0 Å². The van der Waals surface area contributed by atoms with Gasteiger partial charge >= 0.3 is 0 Å². The summed E-state index contributed by atoms with van der Waals surface area (Å²) in [5, 5.41) is 0.899. The van der Waals surface area contributed by atoms with Crippen LogP contribution < -0.4 is 4.90 Å². The van der Waals surface area contributed by atoms with E-state index >= 15 is 0 Å². The normalized spacial score (nSPS) is 19.3. The van der Waals surface area contributed by atoms with Crippen LogP contribution in [0.5, 0.6) is 0 Å². The number of fused-ring (bicyclic) bond motifs is 1. The summed E-state index contributed by atoms with van der Waals surface area (Å²) in [5.74, 6) is -0.635. The summed E-state index contributed by atoms with van der Waals surface area (Å²) in [6.07, 6.45) is 4.97. The predicted molar refractivity (Wildman–Crippen MR) is 144 cm³/mol. The highest BCUT2D eigenvalue weighted by Crippen LogP contribution is 2.36. The number of imide groups is 1. The topological polar surface area (TPSA) is 70.6 Å². The van der Waals surface area contributed by atoms with Gasteiger partial charge in [-0.2, -0.15) is 0 Å². The Labute approximate surface area is 216 Å². The van der Waals surface area contributed by atoms with Gasteiger partial charge < -0.3 is 4.90 Å². The maximum atomic E-state index is 13.6. The monoisotopic (exact) mass is 503 g/mol. The van der Waals surface area contributed by atoms with Gasteiger partial charge in [0.25, 0.3) is 5.91 Å². The van der Waals surface area contributed by atoms with Crippen molar-refractivity contribution in [1.82, 2.24) is 9.88 Å². The van der Waals surface area contributed by atoms with Crippen LogP contribution in [0.2, 0.25) is 0 Å². The first-order valence-electron chi connectivity index (χ1n) is 12.8. The number of carbonyl (C=O) groups is 3. The Balaban J connectivity index is 1.39. The molecule has 1 saturated heterocycles. The van der Waals surface area contributed by atoms with Crippen LogP contribution >= 0.6 is 11.3 Å². The minimum absolute atomic E-state index is 0.0108. The third kappa shape index (κ3) is 4.57. The molecule has 1 aromatic heterocycles. The van der Waals surface area contributed by atoms with Gasteiger partial charge in [0, 0.05) is 17.0 Å². The zero-order valence-electron chi connectivity index (χ0n) is 21.4. The summed E-state index contributed by atoms with van der Waals surface area (Å²) in [4.78, 5) is 47.9. The SMILES string of the molecule is Cc1ccc2nc(-c3ccc(N4C(=O)CC(N(C(=O)C5CCCCC5)C(C)(C)C)C4=O)cc3)sc2c1. The number of hydrogen-bond acceptors (Lipinski definition) is 5. The van der Waals surface area contributed by atoms with Crippen LogP contribution in [-0.4, -0.2) is 39.2 Å². The molecule has 2 aliphatic rings. The molecular formula is C29H33N3O3S. The Bertz CT molecular complexity index is 1320. The Kier molecular flexibility index (Phi) is 6.45. The van der Waals surface area contributed by atoms with Crippen LogP contribution in [0.25, 0.3) is 20.8 Å². The Morgan fingerprint density at radius 1 is 1.03 bits per heavy atom. The maximum Gasteiger partial charge on any atom is 0.257 e.